The monoisotopic (exact) mass is 335 g/mol. The molecule has 0 spiro atoms. The van der Waals surface area contributed by atoms with E-state index in [4.69, 9.17) is 4.42 Å². The molecule has 23 heavy (non-hydrogen) atoms. The highest BCUT2D eigenvalue weighted by Crippen LogP contribution is 2.23. The Morgan fingerprint density at radius 3 is 2.57 bits per heavy atom. The van der Waals surface area contributed by atoms with Crippen LogP contribution in [0.15, 0.2) is 39.6 Å². The molecule has 2 aromatic rings. The zero-order valence-electron chi connectivity index (χ0n) is 13.3. The highest BCUT2D eigenvalue weighted by atomic mass is 32.2. The first kappa shape index (κ1) is 17.3. The number of aryl methyl sites for hydroxylation is 1. The number of rotatable bonds is 6. The van der Waals surface area contributed by atoms with Crippen LogP contribution < -0.4 is 0 Å². The zero-order valence-corrected chi connectivity index (χ0v) is 14.1. The van der Waals surface area contributed by atoms with Gasteiger partial charge in [-0.25, -0.2) is 4.39 Å². The molecule has 0 saturated heterocycles. The second kappa shape index (κ2) is 7.46. The third kappa shape index (κ3) is 4.69. The van der Waals surface area contributed by atoms with Crippen molar-refractivity contribution in [1.82, 2.24) is 4.90 Å². The van der Waals surface area contributed by atoms with Gasteiger partial charge in [-0.3, -0.25) is 9.59 Å². The summed E-state index contributed by atoms with van der Waals surface area (Å²) in [5.41, 5.74) is 0.323. The number of hydrogen-bond donors (Lipinski definition) is 0. The number of halogens is 1. The van der Waals surface area contributed by atoms with Crippen molar-refractivity contribution in [3.8, 4) is 0 Å². The first-order chi connectivity index (χ1) is 10.9. The zero-order chi connectivity index (χ0) is 17.0. The number of ketones is 1. The summed E-state index contributed by atoms with van der Waals surface area (Å²) >= 11 is 1.11. The van der Waals surface area contributed by atoms with Crippen molar-refractivity contribution in [3.63, 3.8) is 0 Å². The number of benzene rings is 1. The SMILES string of the molecule is CC(=O)c1ccc(SCC(=O)N(C)Cc2ccc(C)o2)c(F)c1. The Balaban J connectivity index is 1.92. The molecule has 0 N–H and O–H groups in total. The van der Waals surface area contributed by atoms with Gasteiger partial charge < -0.3 is 9.32 Å². The average molecular weight is 335 g/mol. The lowest BCUT2D eigenvalue weighted by Gasteiger charge is -2.15. The van der Waals surface area contributed by atoms with Crippen molar-refractivity contribution in [2.24, 2.45) is 0 Å². The van der Waals surface area contributed by atoms with Crippen LogP contribution in [0.25, 0.3) is 0 Å². The van der Waals surface area contributed by atoms with Crippen molar-refractivity contribution in [2.45, 2.75) is 25.3 Å². The van der Waals surface area contributed by atoms with Gasteiger partial charge in [0.1, 0.15) is 17.3 Å². The van der Waals surface area contributed by atoms with Crippen LogP contribution in [0.5, 0.6) is 0 Å². The van der Waals surface area contributed by atoms with E-state index in [1.165, 1.54) is 24.0 Å². The van der Waals surface area contributed by atoms with Crippen LogP contribution in [-0.4, -0.2) is 29.4 Å². The van der Waals surface area contributed by atoms with Gasteiger partial charge in [0.05, 0.1) is 12.3 Å². The number of nitrogens with zero attached hydrogens (tertiary/aromatic N) is 1. The molecular formula is C17H18FNO3S. The molecule has 1 heterocycles. The van der Waals surface area contributed by atoms with Gasteiger partial charge in [0, 0.05) is 17.5 Å². The van der Waals surface area contributed by atoms with E-state index in [1.54, 1.807) is 13.1 Å². The minimum atomic E-state index is -0.486. The largest absolute Gasteiger partial charge is 0.464 e. The summed E-state index contributed by atoms with van der Waals surface area (Å²) in [4.78, 5) is 25.2. The van der Waals surface area contributed by atoms with Gasteiger partial charge in [-0.1, -0.05) is 6.07 Å². The third-order valence-corrected chi connectivity index (χ3v) is 4.34. The summed E-state index contributed by atoms with van der Waals surface area (Å²) in [6, 6.07) is 7.96. The topological polar surface area (TPSA) is 50.5 Å². The van der Waals surface area contributed by atoms with E-state index in [0.717, 1.165) is 17.5 Å². The van der Waals surface area contributed by atoms with Crippen molar-refractivity contribution < 1.29 is 18.4 Å². The average Bonchev–Trinajstić information content (AvgIpc) is 2.90. The molecular weight excluding hydrogens is 317 g/mol. The van der Waals surface area contributed by atoms with Crippen LogP contribution in [-0.2, 0) is 11.3 Å². The number of amides is 1. The normalized spacial score (nSPS) is 10.6. The van der Waals surface area contributed by atoms with Gasteiger partial charge in [-0.05, 0) is 38.1 Å². The predicted octanol–water partition coefficient (Wildman–Crippen LogP) is 3.68. The Labute approximate surface area is 138 Å². The highest BCUT2D eigenvalue weighted by molar-refractivity contribution is 8.00. The summed E-state index contributed by atoms with van der Waals surface area (Å²) in [7, 11) is 1.68. The molecule has 0 radical (unpaired) electrons. The van der Waals surface area contributed by atoms with Crippen LogP contribution in [0.4, 0.5) is 4.39 Å². The molecule has 0 aliphatic heterocycles. The lowest BCUT2D eigenvalue weighted by atomic mass is 10.1. The fourth-order valence-electron chi connectivity index (χ4n) is 1.98. The summed E-state index contributed by atoms with van der Waals surface area (Å²) in [5.74, 6) is 0.819. The van der Waals surface area contributed by atoms with Crippen LogP contribution >= 0.6 is 11.8 Å². The Morgan fingerprint density at radius 2 is 2.00 bits per heavy atom. The van der Waals surface area contributed by atoms with Gasteiger partial charge in [0.25, 0.3) is 0 Å². The van der Waals surface area contributed by atoms with E-state index in [2.05, 4.69) is 0 Å². The molecule has 0 saturated carbocycles. The van der Waals surface area contributed by atoms with Crippen LogP contribution in [0.1, 0.15) is 28.8 Å². The van der Waals surface area contributed by atoms with Gasteiger partial charge in [0.15, 0.2) is 5.78 Å². The van der Waals surface area contributed by atoms with E-state index in [1.807, 2.05) is 19.1 Å². The fourth-order valence-corrected chi connectivity index (χ4v) is 2.84. The minimum Gasteiger partial charge on any atom is -0.464 e. The number of hydrogen-bond acceptors (Lipinski definition) is 4. The van der Waals surface area contributed by atoms with Gasteiger partial charge in [0.2, 0.25) is 5.91 Å². The maximum absolute atomic E-state index is 13.9. The maximum atomic E-state index is 13.9. The number of Topliss-reactive ketones (excluding diaryl/α,β-unsaturated/α-hetero) is 1. The fraction of sp³-hybridized carbons (Fsp3) is 0.294. The minimum absolute atomic E-state index is 0.118. The quantitative estimate of drug-likeness (QED) is 0.597. The molecule has 0 unspecified atom stereocenters. The molecule has 122 valence electrons. The van der Waals surface area contributed by atoms with E-state index in [9.17, 15) is 14.0 Å². The first-order valence-corrected chi connectivity index (χ1v) is 8.08. The van der Waals surface area contributed by atoms with Gasteiger partial charge in [-0.15, -0.1) is 11.8 Å². The first-order valence-electron chi connectivity index (χ1n) is 7.09. The summed E-state index contributed by atoms with van der Waals surface area (Å²) in [6.45, 7) is 3.60. The molecule has 1 aromatic carbocycles. The lowest BCUT2D eigenvalue weighted by molar-refractivity contribution is -0.127. The molecule has 6 heteroatoms. The Hall–Kier alpha value is -2.08. The summed E-state index contributed by atoms with van der Waals surface area (Å²) < 4.78 is 19.3. The predicted molar refractivity (Wildman–Crippen MR) is 87.0 cm³/mol. The van der Waals surface area contributed by atoms with Crippen LogP contribution in [0.2, 0.25) is 0 Å². The van der Waals surface area contributed by atoms with E-state index >= 15 is 0 Å². The second-order valence-corrected chi connectivity index (χ2v) is 6.27. The molecule has 0 atom stereocenters. The molecule has 0 bridgehead atoms. The van der Waals surface area contributed by atoms with E-state index in [0.29, 0.717) is 22.8 Å². The summed E-state index contributed by atoms with van der Waals surface area (Å²) in [5, 5.41) is 0. The molecule has 4 nitrogen and oxygen atoms in total. The Kier molecular flexibility index (Phi) is 5.60. The van der Waals surface area contributed by atoms with Crippen molar-refractivity contribution in [1.29, 1.82) is 0 Å². The molecule has 0 aliphatic rings. The molecule has 0 aliphatic carbocycles. The molecule has 1 amide bonds. The molecule has 0 fully saturated rings. The Morgan fingerprint density at radius 1 is 1.26 bits per heavy atom. The molecule has 2 rings (SSSR count). The standard InChI is InChI=1S/C17H18FNO3S/c1-11-4-6-14(22-11)9-19(3)17(21)10-23-16-7-5-13(12(2)20)8-15(16)18/h4-8H,9-10H2,1-3H3. The number of carbonyl (C=O) groups is 2. The van der Waals surface area contributed by atoms with Gasteiger partial charge in [-0.2, -0.15) is 0 Å². The number of furan rings is 1. The summed E-state index contributed by atoms with van der Waals surface area (Å²) in [6.07, 6.45) is 0. The lowest BCUT2D eigenvalue weighted by Crippen LogP contribution is -2.27. The van der Waals surface area contributed by atoms with E-state index < -0.39 is 5.82 Å². The molecule has 1 aromatic heterocycles. The smallest absolute Gasteiger partial charge is 0.233 e. The van der Waals surface area contributed by atoms with Crippen molar-refractivity contribution >= 4 is 23.5 Å². The van der Waals surface area contributed by atoms with Gasteiger partial charge >= 0.3 is 0 Å². The van der Waals surface area contributed by atoms with E-state index in [-0.39, 0.29) is 17.4 Å². The van der Waals surface area contributed by atoms with Crippen LogP contribution in [0, 0.1) is 12.7 Å². The highest BCUT2D eigenvalue weighted by Gasteiger charge is 2.14. The number of thioether (sulfide) groups is 1. The third-order valence-electron chi connectivity index (χ3n) is 3.30. The second-order valence-electron chi connectivity index (χ2n) is 5.25. The maximum Gasteiger partial charge on any atom is 0.233 e. The van der Waals surface area contributed by atoms with Crippen molar-refractivity contribution in [3.05, 3.63) is 53.2 Å². The van der Waals surface area contributed by atoms with Crippen molar-refractivity contribution in [2.75, 3.05) is 12.8 Å². The van der Waals surface area contributed by atoms with Crippen LogP contribution in [0.3, 0.4) is 0 Å². The Bertz CT molecular complexity index is 726. The number of carbonyl (C=O) groups excluding carboxylic acids is 2.